The van der Waals surface area contributed by atoms with Crippen LogP contribution in [-0.2, 0) is 0 Å². The van der Waals surface area contributed by atoms with Gasteiger partial charge in [0.25, 0.3) is 5.91 Å². The Balaban J connectivity index is 1.80. The van der Waals surface area contributed by atoms with Crippen LogP contribution in [0.5, 0.6) is 0 Å². The number of hydrogen-bond donors (Lipinski definition) is 1. The molecule has 3 aromatic rings. The van der Waals surface area contributed by atoms with Crippen molar-refractivity contribution in [2.45, 2.75) is 26.7 Å². The number of carbonyl (C=O) groups is 1. The molecule has 6 heteroatoms. The van der Waals surface area contributed by atoms with E-state index in [-0.39, 0.29) is 5.91 Å². The zero-order chi connectivity index (χ0) is 16.4. The third kappa shape index (κ3) is 3.48. The summed E-state index contributed by atoms with van der Waals surface area (Å²) in [6, 6.07) is 12.0. The Morgan fingerprint density at radius 2 is 1.87 bits per heavy atom. The summed E-state index contributed by atoms with van der Waals surface area (Å²) in [5, 5.41) is 12.4. The Morgan fingerprint density at radius 1 is 1.13 bits per heavy atom. The molecule has 0 aliphatic carbocycles. The number of anilines is 1. The lowest BCUT2D eigenvalue weighted by Crippen LogP contribution is -2.09. The van der Waals surface area contributed by atoms with Gasteiger partial charge in [0.1, 0.15) is 5.01 Å². The summed E-state index contributed by atoms with van der Waals surface area (Å²) in [6.07, 6.45) is 0. The highest BCUT2D eigenvalue weighted by atomic mass is 32.1. The van der Waals surface area contributed by atoms with E-state index in [9.17, 15) is 4.79 Å². The molecule has 0 aliphatic rings. The van der Waals surface area contributed by atoms with E-state index in [2.05, 4.69) is 41.5 Å². The van der Waals surface area contributed by atoms with E-state index < -0.39 is 0 Å². The lowest BCUT2D eigenvalue weighted by molar-refractivity contribution is 0.103. The van der Waals surface area contributed by atoms with E-state index >= 15 is 0 Å². The Labute approximate surface area is 143 Å². The maximum atomic E-state index is 12.4. The van der Waals surface area contributed by atoms with Crippen LogP contribution in [0.2, 0.25) is 0 Å². The summed E-state index contributed by atoms with van der Waals surface area (Å²) in [6.45, 7) is 6.14. The lowest BCUT2D eigenvalue weighted by atomic mass is 10.1. The molecule has 1 N–H and O–H groups in total. The number of carbonyl (C=O) groups excluding carboxylic acids is 1. The second-order valence-corrected chi connectivity index (χ2v) is 7.60. The molecule has 0 saturated heterocycles. The van der Waals surface area contributed by atoms with Crippen LogP contribution < -0.4 is 5.32 Å². The topological polar surface area (TPSA) is 54.9 Å². The predicted molar refractivity (Wildman–Crippen MR) is 96.4 cm³/mol. The maximum Gasteiger partial charge on any atom is 0.267 e. The molecule has 0 unspecified atom stereocenters. The highest BCUT2D eigenvalue weighted by Crippen LogP contribution is 2.33. The molecular weight excluding hydrogens is 326 g/mol. The van der Waals surface area contributed by atoms with Crippen LogP contribution in [0, 0.1) is 6.92 Å². The van der Waals surface area contributed by atoms with Gasteiger partial charge in [0.2, 0.25) is 5.13 Å². The fourth-order valence-corrected chi connectivity index (χ4v) is 3.96. The van der Waals surface area contributed by atoms with Gasteiger partial charge in [-0.25, -0.2) is 0 Å². The van der Waals surface area contributed by atoms with E-state index in [1.54, 1.807) is 0 Å². The Hall–Kier alpha value is -2.05. The van der Waals surface area contributed by atoms with Gasteiger partial charge in [-0.05, 0) is 24.1 Å². The zero-order valence-electron chi connectivity index (χ0n) is 13.2. The van der Waals surface area contributed by atoms with Gasteiger partial charge in [0.05, 0.1) is 4.88 Å². The molecule has 1 aromatic carbocycles. The highest BCUT2D eigenvalue weighted by molar-refractivity contribution is 7.18. The molecule has 1 amide bonds. The van der Waals surface area contributed by atoms with Gasteiger partial charge >= 0.3 is 0 Å². The Morgan fingerprint density at radius 3 is 2.52 bits per heavy atom. The molecule has 2 aromatic heterocycles. The molecule has 0 atom stereocenters. The van der Waals surface area contributed by atoms with Crippen LogP contribution >= 0.6 is 22.7 Å². The molecule has 3 rings (SSSR count). The predicted octanol–water partition coefficient (Wildman–Crippen LogP) is 4.95. The summed E-state index contributed by atoms with van der Waals surface area (Å²) in [5.74, 6) is 0.179. The van der Waals surface area contributed by atoms with Crippen molar-refractivity contribution >= 4 is 33.7 Å². The van der Waals surface area contributed by atoms with Gasteiger partial charge in [0, 0.05) is 10.8 Å². The molecule has 0 saturated carbocycles. The van der Waals surface area contributed by atoms with Crippen LogP contribution in [0.25, 0.3) is 10.4 Å². The van der Waals surface area contributed by atoms with Crippen molar-refractivity contribution in [1.82, 2.24) is 10.2 Å². The van der Waals surface area contributed by atoms with E-state index in [0.29, 0.717) is 15.9 Å². The number of aromatic nitrogens is 2. The molecule has 0 bridgehead atoms. The minimum atomic E-state index is -0.133. The molecule has 0 aliphatic heterocycles. The van der Waals surface area contributed by atoms with Crippen molar-refractivity contribution in [1.29, 1.82) is 0 Å². The van der Waals surface area contributed by atoms with Crippen molar-refractivity contribution in [3.63, 3.8) is 0 Å². The van der Waals surface area contributed by atoms with Crippen LogP contribution in [0.15, 0.2) is 36.4 Å². The lowest BCUT2D eigenvalue weighted by Gasteiger charge is -1.98. The van der Waals surface area contributed by atoms with Gasteiger partial charge in [-0.3, -0.25) is 10.1 Å². The first-order chi connectivity index (χ1) is 11.0. The molecule has 0 spiro atoms. The van der Waals surface area contributed by atoms with Crippen LogP contribution in [-0.4, -0.2) is 16.1 Å². The van der Waals surface area contributed by atoms with Crippen LogP contribution in [0.1, 0.15) is 40.0 Å². The first-order valence-corrected chi connectivity index (χ1v) is 8.98. The smallest absolute Gasteiger partial charge is 0.267 e. The first-order valence-electron chi connectivity index (χ1n) is 7.35. The second-order valence-electron chi connectivity index (χ2n) is 5.54. The van der Waals surface area contributed by atoms with Crippen LogP contribution in [0.4, 0.5) is 5.13 Å². The number of rotatable bonds is 4. The van der Waals surface area contributed by atoms with Gasteiger partial charge in [-0.2, -0.15) is 0 Å². The number of nitrogens with one attached hydrogen (secondary N) is 1. The third-order valence-corrected chi connectivity index (χ3v) is 5.76. The van der Waals surface area contributed by atoms with E-state index in [0.717, 1.165) is 21.0 Å². The van der Waals surface area contributed by atoms with Crippen molar-refractivity contribution < 1.29 is 4.79 Å². The number of nitrogens with zero attached hydrogens (tertiary/aromatic N) is 2. The Bertz CT molecular complexity index is 821. The number of thiophene rings is 1. The summed E-state index contributed by atoms with van der Waals surface area (Å²) < 4.78 is 0. The maximum absolute atomic E-state index is 12.4. The molecule has 2 heterocycles. The van der Waals surface area contributed by atoms with Crippen molar-refractivity contribution in [2.75, 3.05) is 5.32 Å². The SMILES string of the molecule is Cc1cc(C(=O)Nc2nnc(C(C)C)s2)sc1-c1ccccc1. The summed E-state index contributed by atoms with van der Waals surface area (Å²) in [4.78, 5) is 14.2. The first kappa shape index (κ1) is 15.8. The summed E-state index contributed by atoms with van der Waals surface area (Å²) >= 11 is 2.92. The highest BCUT2D eigenvalue weighted by Gasteiger charge is 2.16. The Kier molecular flexibility index (Phi) is 4.54. The van der Waals surface area contributed by atoms with Gasteiger partial charge in [0.15, 0.2) is 0 Å². The molecule has 0 radical (unpaired) electrons. The number of amides is 1. The average molecular weight is 343 g/mol. The third-order valence-electron chi connectivity index (χ3n) is 3.33. The molecule has 0 fully saturated rings. The molecule has 23 heavy (non-hydrogen) atoms. The fourth-order valence-electron chi connectivity index (χ4n) is 2.15. The van der Waals surface area contributed by atoms with Crippen molar-refractivity contribution in [3.8, 4) is 10.4 Å². The monoisotopic (exact) mass is 343 g/mol. The zero-order valence-corrected chi connectivity index (χ0v) is 14.8. The fraction of sp³-hybridized carbons (Fsp3) is 0.235. The summed E-state index contributed by atoms with van der Waals surface area (Å²) in [7, 11) is 0. The molecular formula is C17H17N3OS2. The standard InChI is InChI=1S/C17H17N3OS2/c1-10(2)16-19-20-17(23-16)18-15(21)13-9-11(3)14(22-13)12-7-5-4-6-8-12/h4-10H,1-3H3,(H,18,20,21). The number of hydrogen-bond acceptors (Lipinski definition) is 5. The quantitative estimate of drug-likeness (QED) is 0.729. The van der Waals surface area contributed by atoms with Gasteiger partial charge in [-0.15, -0.1) is 21.5 Å². The van der Waals surface area contributed by atoms with Crippen LogP contribution in [0.3, 0.4) is 0 Å². The molecule has 118 valence electrons. The minimum Gasteiger partial charge on any atom is -0.296 e. The normalized spacial score (nSPS) is 11.0. The van der Waals surface area contributed by atoms with Crippen molar-refractivity contribution in [3.05, 3.63) is 51.8 Å². The van der Waals surface area contributed by atoms with E-state index in [1.807, 2.05) is 31.2 Å². The van der Waals surface area contributed by atoms with Gasteiger partial charge in [-0.1, -0.05) is 55.5 Å². The number of benzene rings is 1. The van der Waals surface area contributed by atoms with E-state index in [1.165, 1.54) is 22.7 Å². The molecule has 4 nitrogen and oxygen atoms in total. The van der Waals surface area contributed by atoms with Gasteiger partial charge < -0.3 is 0 Å². The minimum absolute atomic E-state index is 0.133. The summed E-state index contributed by atoms with van der Waals surface area (Å²) in [5.41, 5.74) is 2.23. The van der Waals surface area contributed by atoms with Crippen molar-refractivity contribution in [2.24, 2.45) is 0 Å². The second kappa shape index (κ2) is 6.60. The largest absolute Gasteiger partial charge is 0.296 e. The van der Waals surface area contributed by atoms with E-state index in [4.69, 9.17) is 0 Å². The number of aryl methyl sites for hydroxylation is 1. The average Bonchev–Trinajstić information content (AvgIpc) is 3.15.